The molecule has 2 aromatic rings. The molecule has 1 heterocycles. The van der Waals surface area contributed by atoms with Crippen LogP contribution in [0.3, 0.4) is 0 Å². The standard InChI is InChI=1S/C19H20FN3O/c20-13-7-5-12(6-8-13)15-11-17(15)23-19(21)22-16-9-10-24-18-4-2-1-3-14(16)18/h1-8,15-17H,9-11H2,(H3,21,22,23)/t15-,16?,17+/m0/s1. The van der Waals surface area contributed by atoms with E-state index >= 15 is 0 Å². The van der Waals surface area contributed by atoms with E-state index in [1.807, 2.05) is 36.4 Å². The van der Waals surface area contributed by atoms with Gasteiger partial charge in [0.1, 0.15) is 11.6 Å². The molecule has 1 saturated carbocycles. The van der Waals surface area contributed by atoms with Gasteiger partial charge in [-0.25, -0.2) is 9.38 Å². The molecular weight excluding hydrogens is 305 g/mol. The van der Waals surface area contributed by atoms with Crippen LogP contribution in [0.4, 0.5) is 4.39 Å². The molecule has 4 nitrogen and oxygen atoms in total. The van der Waals surface area contributed by atoms with Gasteiger partial charge in [0.25, 0.3) is 0 Å². The van der Waals surface area contributed by atoms with Gasteiger partial charge in [0, 0.05) is 23.9 Å². The van der Waals surface area contributed by atoms with Crippen molar-refractivity contribution in [2.75, 3.05) is 6.61 Å². The lowest BCUT2D eigenvalue weighted by Gasteiger charge is -2.23. The molecule has 5 heteroatoms. The van der Waals surface area contributed by atoms with Gasteiger partial charge in [-0.15, -0.1) is 0 Å². The first kappa shape index (κ1) is 15.0. The van der Waals surface area contributed by atoms with E-state index in [9.17, 15) is 4.39 Å². The molecule has 0 aromatic heterocycles. The van der Waals surface area contributed by atoms with Crippen molar-refractivity contribution in [3.05, 3.63) is 65.5 Å². The van der Waals surface area contributed by atoms with Crippen LogP contribution >= 0.6 is 0 Å². The quantitative estimate of drug-likeness (QED) is 0.673. The van der Waals surface area contributed by atoms with Crippen LogP contribution in [0, 0.1) is 5.82 Å². The number of hydrogen-bond donors (Lipinski definition) is 2. The normalized spacial score (nSPS) is 25.5. The van der Waals surface area contributed by atoms with E-state index in [-0.39, 0.29) is 17.9 Å². The Morgan fingerprint density at radius 1 is 1.17 bits per heavy atom. The maximum absolute atomic E-state index is 13.0. The second-order valence-corrected chi connectivity index (χ2v) is 6.35. The van der Waals surface area contributed by atoms with E-state index in [1.165, 1.54) is 12.1 Å². The average molecular weight is 325 g/mol. The maximum Gasteiger partial charge on any atom is 0.189 e. The fourth-order valence-electron chi connectivity index (χ4n) is 3.29. The first-order valence-corrected chi connectivity index (χ1v) is 8.28. The number of aliphatic imine (C=N–C) groups is 1. The fourth-order valence-corrected chi connectivity index (χ4v) is 3.29. The summed E-state index contributed by atoms with van der Waals surface area (Å²) in [5, 5.41) is 3.29. The first-order valence-electron chi connectivity index (χ1n) is 8.28. The number of guanidine groups is 1. The summed E-state index contributed by atoms with van der Waals surface area (Å²) in [6, 6.07) is 14.9. The SMILES string of the molecule is NC(=NC1CCOc2ccccc21)N[C@@H]1C[C@H]1c1ccc(F)cc1. The maximum atomic E-state index is 13.0. The van der Waals surface area contributed by atoms with Crippen LogP contribution in [0.5, 0.6) is 5.75 Å². The van der Waals surface area contributed by atoms with Crippen molar-refractivity contribution in [2.24, 2.45) is 10.7 Å². The average Bonchev–Trinajstić information content (AvgIpc) is 3.35. The summed E-state index contributed by atoms with van der Waals surface area (Å²) in [5.74, 6) is 1.52. The molecule has 3 atom stereocenters. The second-order valence-electron chi connectivity index (χ2n) is 6.35. The minimum absolute atomic E-state index is 0.0328. The highest BCUT2D eigenvalue weighted by Gasteiger charge is 2.38. The summed E-state index contributed by atoms with van der Waals surface area (Å²) in [7, 11) is 0. The minimum atomic E-state index is -0.205. The van der Waals surface area contributed by atoms with Crippen LogP contribution in [0.1, 0.15) is 35.9 Å². The zero-order valence-corrected chi connectivity index (χ0v) is 13.3. The predicted molar refractivity (Wildman–Crippen MR) is 91.6 cm³/mol. The van der Waals surface area contributed by atoms with Crippen molar-refractivity contribution in [3.63, 3.8) is 0 Å². The number of para-hydroxylation sites is 1. The monoisotopic (exact) mass is 325 g/mol. The Balaban J connectivity index is 1.41. The number of rotatable bonds is 3. The Kier molecular flexibility index (Phi) is 3.84. The van der Waals surface area contributed by atoms with Crippen LogP contribution in [-0.2, 0) is 0 Å². The largest absolute Gasteiger partial charge is 0.493 e. The summed E-state index contributed by atoms with van der Waals surface area (Å²) in [6.07, 6.45) is 1.82. The van der Waals surface area contributed by atoms with Gasteiger partial charge in [-0.1, -0.05) is 30.3 Å². The van der Waals surface area contributed by atoms with Crippen molar-refractivity contribution < 1.29 is 9.13 Å². The number of ether oxygens (including phenoxy) is 1. The zero-order chi connectivity index (χ0) is 16.5. The van der Waals surface area contributed by atoms with Gasteiger partial charge in [-0.3, -0.25) is 0 Å². The first-order chi connectivity index (χ1) is 11.7. The van der Waals surface area contributed by atoms with E-state index < -0.39 is 0 Å². The zero-order valence-electron chi connectivity index (χ0n) is 13.3. The molecule has 4 rings (SSSR count). The lowest BCUT2D eigenvalue weighted by atomic mass is 10.0. The lowest BCUT2D eigenvalue weighted by Crippen LogP contribution is -2.35. The molecule has 0 saturated heterocycles. The van der Waals surface area contributed by atoms with Crippen molar-refractivity contribution in [2.45, 2.75) is 30.8 Å². The third-order valence-corrected chi connectivity index (χ3v) is 4.64. The minimum Gasteiger partial charge on any atom is -0.493 e. The molecule has 1 aliphatic carbocycles. The van der Waals surface area contributed by atoms with Crippen LogP contribution in [-0.4, -0.2) is 18.6 Å². The van der Waals surface area contributed by atoms with E-state index in [0.717, 1.165) is 29.7 Å². The van der Waals surface area contributed by atoms with Gasteiger partial charge in [-0.2, -0.15) is 0 Å². The highest BCUT2D eigenvalue weighted by atomic mass is 19.1. The molecule has 2 aromatic carbocycles. The molecule has 0 spiro atoms. The molecule has 2 aliphatic rings. The highest BCUT2D eigenvalue weighted by Crippen LogP contribution is 2.41. The van der Waals surface area contributed by atoms with Crippen LogP contribution in [0.15, 0.2) is 53.5 Å². The number of halogens is 1. The van der Waals surface area contributed by atoms with Crippen molar-refractivity contribution in [1.82, 2.24) is 5.32 Å². The molecule has 24 heavy (non-hydrogen) atoms. The number of nitrogens with two attached hydrogens (primary N) is 1. The van der Waals surface area contributed by atoms with Crippen LogP contribution in [0.25, 0.3) is 0 Å². The van der Waals surface area contributed by atoms with Gasteiger partial charge >= 0.3 is 0 Å². The molecule has 1 aliphatic heterocycles. The molecule has 3 N–H and O–H groups in total. The number of fused-ring (bicyclic) bond motifs is 1. The highest BCUT2D eigenvalue weighted by molar-refractivity contribution is 5.79. The Bertz CT molecular complexity index is 759. The topological polar surface area (TPSA) is 59.6 Å². The molecular formula is C19H20FN3O. The molecule has 0 radical (unpaired) electrons. The van der Waals surface area contributed by atoms with E-state index in [0.29, 0.717) is 18.5 Å². The Labute approximate surface area is 140 Å². The van der Waals surface area contributed by atoms with E-state index in [1.54, 1.807) is 0 Å². The van der Waals surface area contributed by atoms with Crippen molar-refractivity contribution in [3.8, 4) is 5.75 Å². The number of hydrogen-bond acceptors (Lipinski definition) is 2. The Morgan fingerprint density at radius 2 is 1.96 bits per heavy atom. The van der Waals surface area contributed by atoms with Gasteiger partial charge in [0.05, 0.1) is 12.6 Å². The molecule has 1 unspecified atom stereocenters. The van der Waals surface area contributed by atoms with Gasteiger partial charge in [0.15, 0.2) is 5.96 Å². The molecule has 1 fully saturated rings. The third kappa shape index (κ3) is 3.07. The summed E-state index contributed by atoms with van der Waals surface area (Å²) in [6.45, 7) is 0.653. The van der Waals surface area contributed by atoms with Gasteiger partial charge in [-0.05, 0) is 30.2 Å². The van der Waals surface area contributed by atoms with Crippen molar-refractivity contribution in [1.29, 1.82) is 0 Å². The Morgan fingerprint density at radius 3 is 2.79 bits per heavy atom. The molecule has 0 bridgehead atoms. The van der Waals surface area contributed by atoms with E-state index in [4.69, 9.17) is 10.5 Å². The summed E-state index contributed by atoms with van der Waals surface area (Å²) >= 11 is 0. The van der Waals surface area contributed by atoms with Crippen LogP contribution < -0.4 is 15.8 Å². The summed E-state index contributed by atoms with van der Waals surface area (Å²) in [5.41, 5.74) is 8.33. The second kappa shape index (κ2) is 6.15. The van der Waals surface area contributed by atoms with E-state index in [2.05, 4.69) is 10.3 Å². The molecule has 0 amide bonds. The van der Waals surface area contributed by atoms with Gasteiger partial charge < -0.3 is 15.8 Å². The number of benzene rings is 2. The summed E-state index contributed by atoms with van der Waals surface area (Å²) < 4.78 is 18.6. The number of nitrogens with zero attached hydrogens (tertiary/aromatic N) is 1. The van der Waals surface area contributed by atoms with Crippen LogP contribution in [0.2, 0.25) is 0 Å². The van der Waals surface area contributed by atoms with Crippen molar-refractivity contribution >= 4 is 5.96 Å². The Hall–Kier alpha value is -2.56. The fraction of sp³-hybridized carbons (Fsp3) is 0.316. The van der Waals surface area contributed by atoms with Gasteiger partial charge in [0.2, 0.25) is 0 Å². The smallest absolute Gasteiger partial charge is 0.189 e. The molecule has 124 valence electrons. The number of nitrogens with one attached hydrogen (secondary N) is 1. The summed E-state index contributed by atoms with van der Waals surface area (Å²) in [4.78, 5) is 4.64. The lowest BCUT2D eigenvalue weighted by molar-refractivity contribution is 0.269. The third-order valence-electron chi connectivity index (χ3n) is 4.64. The predicted octanol–water partition coefficient (Wildman–Crippen LogP) is 3.11.